The van der Waals surface area contributed by atoms with E-state index in [1.165, 1.54) is 0 Å². The molecule has 6 heteroatoms. The van der Waals surface area contributed by atoms with E-state index in [2.05, 4.69) is 26.3 Å². The van der Waals surface area contributed by atoms with Crippen molar-refractivity contribution in [2.45, 2.75) is 12.8 Å². The standard InChI is InChI=1S/C20H20BrN3O2/c21-17-5-4-8-19(13-17)26-12-10-20(25)22-11-9-16-14-23-24(15-16)18-6-2-1-3-7-18/h1-8,13-15H,9-12H2,(H,22,25). The molecule has 134 valence electrons. The predicted octanol–water partition coefficient (Wildman–Crippen LogP) is 3.76. The van der Waals surface area contributed by atoms with Crippen molar-refractivity contribution in [3.63, 3.8) is 0 Å². The topological polar surface area (TPSA) is 56.1 Å². The van der Waals surface area contributed by atoms with Crippen LogP contribution in [0, 0.1) is 0 Å². The molecule has 0 fully saturated rings. The molecule has 1 amide bonds. The van der Waals surface area contributed by atoms with Gasteiger partial charge < -0.3 is 10.1 Å². The molecule has 26 heavy (non-hydrogen) atoms. The van der Waals surface area contributed by atoms with Crippen LogP contribution in [-0.4, -0.2) is 28.8 Å². The highest BCUT2D eigenvalue weighted by atomic mass is 79.9. The van der Waals surface area contributed by atoms with Crippen molar-refractivity contribution < 1.29 is 9.53 Å². The molecule has 0 spiro atoms. The lowest BCUT2D eigenvalue weighted by Crippen LogP contribution is -2.26. The van der Waals surface area contributed by atoms with Crippen molar-refractivity contribution in [2.75, 3.05) is 13.2 Å². The normalized spacial score (nSPS) is 10.5. The summed E-state index contributed by atoms with van der Waals surface area (Å²) in [7, 11) is 0. The van der Waals surface area contributed by atoms with Crippen LogP contribution in [0.4, 0.5) is 0 Å². The van der Waals surface area contributed by atoms with Crippen LogP contribution in [0.25, 0.3) is 5.69 Å². The summed E-state index contributed by atoms with van der Waals surface area (Å²) < 4.78 is 8.36. The molecule has 1 heterocycles. The minimum Gasteiger partial charge on any atom is -0.493 e. The quantitative estimate of drug-likeness (QED) is 0.611. The van der Waals surface area contributed by atoms with Gasteiger partial charge in [-0.2, -0.15) is 5.10 Å². The van der Waals surface area contributed by atoms with E-state index in [0.29, 0.717) is 19.6 Å². The molecular formula is C20H20BrN3O2. The number of carbonyl (C=O) groups is 1. The maximum absolute atomic E-state index is 11.9. The van der Waals surface area contributed by atoms with Crippen molar-refractivity contribution in [3.8, 4) is 11.4 Å². The van der Waals surface area contributed by atoms with E-state index in [4.69, 9.17) is 4.74 Å². The third-order valence-corrected chi connectivity index (χ3v) is 4.28. The molecule has 0 unspecified atom stereocenters. The lowest BCUT2D eigenvalue weighted by Gasteiger charge is -2.07. The summed E-state index contributed by atoms with van der Waals surface area (Å²) in [5.74, 6) is 0.732. The fraction of sp³-hybridized carbons (Fsp3) is 0.200. The SMILES string of the molecule is O=C(CCOc1cccc(Br)c1)NCCc1cnn(-c2ccccc2)c1. The van der Waals surface area contributed by atoms with Crippen molar-refractivity contribution >= 4 is 21.8 Å². The number of hydrogen-bond acceptors (Lipinski definition) is 3. The maximum atomic E-state index is 11.9. The number of carbonyl (C=O) groups excluding carboxylic acids is 1. The number of rotatable bonds is 8. The number of nitrogens with zero attached hydrogens (tertiary/aromatic N) is 2. The fourth-order valence-electron chi connectivity index (χ4n) is 2.46. The lowest BCUT2D eigenvalue weighted by molar-refractivity contribution is -0.121. The van der Waals surface area contributed by atoms with Gasteiger partial charge in [0.05, 0.1) is 24.9 Å². The third kappa shape index (κ3) is 5.46. The molecule has 0 aliphatic carbocycles. The number of benzene rings is 2. The molecule has 0 aliphatic rings. The van der Waals surface area contributed by atoms with Gasteiger partial charge in [0.25, 0.3) is 0 Å². The zero-order valence-electron chi connectivity index (χ0n) is 14.3. The lowest BCUT2D eigenvalue weighted by atomic mass is 10.2. The van der Waals surface area contributed by atoms with Gasteiger partial charge in [-0.15, -0.1) is 0 Å². The first-order valence-corrected chi connectivity index (χ1v) is 9.24. The van der Waals surface area contributed by atoms with E-state index in [1.807, 2.05) is 71.7 Å². The summed E-state index contributed by atoms with van der Waals surface area (Å²) >= 11 is 3.39. The van der Waals surface area contributed by atoms with Gasteiger partial charge in [-0.05, 0) is 42.3 Å². The molecule has 3 rings (SSSR count). The molecule has 0 bridgehead atoms. The van der Waals surface area contributed by atoms with Gasteiger partial charge >= 0.3 is 0 Å². The van der Waals surface area contributed by atoms with Crippen molar-refractivity contribution in [3.05, 3.63) is 77.0 Å². The monoisotopic (exact) mass is 413 g/mol. The molecular weight excluding hydrogens is 394 g/mol. The number of para-hydroxylation sites is 1. The Labute approximate surface area is 161 Å². The first-order chi connectivity index (χ1) is 12.7. The Morgan fingerprint density at radius 3 is 2.81 bits per heavy atom. The highest BCUT2D eigenvalue weighted by molar-refractivity contribution is 9.10. The van der Waals surface area contributed by atoms with Gasteiger partial charge in [0.1, 0.15) is 5.75 Å². The number of amides is 1. The summed E-state index contributed by atoms with van der Waals surface area (Å²) in [5.41, 5.74) is 2.10. The Hall–Kier alpha value is -2.60. The molecule has 0 saturated heterocycles. The molecule has 0 saturated carbocycles. The maximum Gasteiger partial charge on any atom is 0.223 e. The summed E-state index contributed by atoms with van der Waals surface area (Å²) in [5, 5.41) is 7.27. The summed E-state index contributed by atoms with van der Waals surface area (Å²) in [6, 6.07) is 17.5. The van der Waals surface area contributed by atoms with E-state index in [1.54, 1.807) is 0 Å². The summed E-state index contributed by atoms with van der Waals surface area (Å²) in [6.07, 6.45) is 4.88. The Kier molecular flexibility index (Phi) is 6.44. The number of ether oxygens (including phenoxy) is 1. The zero-order valence-corrected chi connectivity index (χ0v) is 15.9. The van der Waals surface area contributed by atoms with Crippen LogP contribution in [0.1, 0.15) is 12.0 Å². The summed E-state index contributed by atoms with van der Waals surface area (Å²) in [6.45, 7) is 0.935. The molecule has 5 nitrogen and oxygen atoms in total. The van der Waals surface area contributed by atoms with Crippen LogP contribution >= 0.6 is 15.9 Å². The Bertz CT molecular complexity index is 849. The van der Waals surface area contributed by atoms with E-state index < -0.39 is 0 Å². The van der Waals surface area contributed by atoms with Gasteiger partial charge in [-0.1, -0.05) is 40.2 Å². The Balaban J connectivity index is 1.37. The molecule has 1 N–H and O–H groups in total. The Morgan fingerprint density at radius 2 is 2.00 bits per heavy atom. The smallest absolute Gasteiger partial charge is 0.223 e. The van der Waals surface area contributed by atoms with E-state index >= 15 is 0 Å². The zero-order chi connectivity index (χ0) is 18.2. The second kappa shape index (κ2) is 9.20. The third-order valence-electron chi connectivity index (χ3n) is 3.79. The molecule has 1 aromatic heterocycles. The van der Waals surface area contributed by atoms with E-state index in [0.717, 1.165) is 27.9 Å². The van der Waals surface area contributed by atoms with Gasteiger partial charge in [0.2, 0.25) is 5.91 Å². The van der Waals surface area contributed by atoms with Crippen molar-refractivity contribution in [1.82, 2.24) is 15.1 Å². The van der Waals surface area contributed by atoms with E-state index in [-0.39, 0.29) is 5.91 Å². The van der Waals surface area contributed by atoms with Crippen LogP contribution in [0.5, 0.6) is 5.75 Å². The van der Waals surface area contributed by atoms with Crippen LogP contribution in [0.3, 0.4) is 0 Å². The molecule has 2 aromatic carbocycles. The van der Waals surface area contributed by atoms with Gasteiger partial charge in [-0.25, -0.2) is 4.68 Å². The highest BCUT2D eigenvalue weighted by Gasteiger charge is 2.04. The van der Waals surface area contributed by atoms with E-state index in [9.17, 15) is 4.79 Å². The second-order valence-electron chi connectivity index (χ2n) is 5.78. The minimum atomic E-state index is -0.0181. The number of nitrogens with one attached hydrogen (secondary N) is 1. The number of halogens is 1. The first-order valence-electron chi connectivity index (χ1n) is 8.45. The first kappa shape index (κ1) is 18.2. The van der Waals surface area contributed by atoms with Crippen LogP contribution in [-0.2, 0) is 11.2 Å². The largest absolute Gasteiger partial charge is 0.493 e. The summed E-state index contributed by atoms with van der Waals surface area (Å²) in [4.78, 5) is 11.9. The van der Waals surface area contributed by atoms with Crippen molar-refractivity contribution in [1.29, 1.82) is 0 Å². The molecule has 0 radical (unpaired) electrons. The fourth-order valence-corrected chi connectivity index (χ4v) is 2.84. The molecule has 3 aromatic rings. The van der Waals surface area contributed by atoms with Crippen LogP contribution < -0.4 is 10.1 Å². The minimum absolute atomic E-state index is 0.0181. The predicted molar refractivity (Wildman–Crippen MR) is 105 cm³/mol. The second-order valence-corrected chi connectivity index (χ2v) is 6.70. The van der Waals surface area contributed by atoms with Gasteiger partial charge in [0, 0.05) is 17.2 Å². The number of hydrogen-bond donors (Lipinski definition) is 1. The molecule has 0 atom stereocenters. The number of aromatic nitrogens is 2. The van der Waals surface area contributed by atoms with Gasteiger partial charge in [0.15, 0.2) is 0 Å². The Morgan fingerprint density at radius 1 is 1.15 bits per heavy atom. The molecule has 0 aliphatic heterocycles. The van der Waals surface area contributed by atoms with Crippen LogP contribution in [0.15, 0.2) is 71.5 Å². The van der Waals surface area contributed by atoms with Crippen LogP contribution in [0.2, 0.25) is 0 Å². The van der Waals surface area contributed by atoms with Gasteiger partial charge in [-0.3, -0.25) is 4.79 Å². The highest BCUT2D eigenvalue weighted by Crippen LogP contribution is 2.17. The average molecular weight is 414 g/mol. The average Bonchev–Trinajstić information content (AvgIpc) is 3.11. The van der Waals surface area contributed by atoms with Crippen molar-refractivity contribution in [2.24, 2.45) is 0 Å².